The average molecular weight is 602 g/mol. The van der Waals surface area contributed by atoms with Crippen LogP contribution < -0.4 is 20.3 Å². The van der Waals surface area contributed by atoms with Gasteiger partial charge in [0.05, 0.1) is 5.56 Å². The summed E-state index contributed by atoms with van der Waals surface area (Å²) in [5.41, 5.74) is -0.165. The smallest absolute Gasteiger partial charge is 0.418 e. The summed E-state index contributed by atoms with van der Waals surface area (Å²) in [7, 11) is -1.76. The zero-order chi connectivity index (χ0) is 30.1. The van der Waals surface area contributed by atoms with E-state index >= 15 is 0 Å². The number of alkyl halides is 3. The van der Waals surface area contributed by atoms with Crippen molar-refractivity contribution >= 4 is 44.2 Å². The maximum atomic E-state index is 14.1. The minimum atomic E-state index is -4.60. The molecule has 2 heterocycles. The number of anilines is 3. The topological polar surface area (TPSA) is 120 Å². The number of aliphatic hydroxyl groups excluding tert-OH is 1. The molecule has 9 nitrogen and oxygen atoms in total. The van der Waals surface area contributed by atoms with Crippen molar-refractivity contribution in [1.29, 1.82) is 0 Å². The van der Waals surface area contributed by atoms with Gasteiger partial charge in [-0.1, -0.05) is 24.3 Å². The van der Waals surface area contributed by atoms with Gasteiger partial charge in [-0.3, -0.25) is 4.79 Å². The minimum absolute atomic E-state index is 0.0583. The molecule has 0 bridgehead atoms. The number of nitrogens with one attached hydrogen (secondary N) is 2. The number of rotatable bonds is 7. The number of amides is 1. The van der Waals surface area contributed by atoms with Crippen LogP contribution in [0.1, 0.15) is 24.3 Å². The van der Waals surface area contributed by atoms with Gasteiger partial charge in [-0.05, 0) is 47.4 Å². The Labute approximate surface area is 241 Å². The van der Waals surface area contributed by atoms with Gasteiger partial charge in [-0.25, -0.2) is 9.97 Å². The Bertz CT molecular complexity index is 1610. The highest BCUT2D eigenvalue weighted by atomic mass is 32.3. The van der Waals surface area contributed by atoms with Crippen molar-refractivity contribution in [2.75, 3.05) is 46.4 Å². The van der Waals surface area contributed by atoms with Crippen molar-refractivity contribution in [2.24, 2.45) is 0 Å². The van der Waals surface area contributed by atoms with Crippen LogP contribution in [0.3, 0.4) is 0 Å². The van der Waals surface area contributed by atoms with E-state index in [2.05, 4.69) is 20.6 Å². The van der Waals surface area contributed by atoms with Crippen LogP contribution in [0, 0.1) is 0 Å². The van der Waals surface area contributed by atoms with E-state index in [9.17, 15) is 27.6 Å². The average Bonchev–Trinajstić information content (AvgIpc) is 2.92. The van der Waals surface area contributed by atoms with E-state index in [4.69, 9.17) is 4.74 Å². The van der Waals surface area contributed by atoms with Crippen molar-refractivity contribution in [3.63, 3.8) is 0 Å². The molecule has 3 aromatic carbocycles. The zero-order valence-corrected chi connectivity index (χ0v) is 23.7. The van der Waals surface area contributed by atoms with Crippen LogP contribution in [-0.4, -0.2) is 56.4 Å². The first-order chi connectivity index (χ1) is 19.9. The summed E-state index contributed by atoms with van der Waals surface area (Å²) in [5.74, 6) is 1.57. The Balaban J connectivity index is 1.36. The Kier molecular flexibility index (Phi) is 8.17. The van der Waals surface area contributed by atoms with Gasteiger partial charge in [0.2, 0.25) is 11.8 Å². The predicted molar refractivity (Wildman–Crippen MR) is 158 cm³/mol. The quantitative estimate of drug-likeness (QED) is 0.184. The van der Waals surface area contributed by atoms with Gasteiger partial charge in [0, 0.05) is 54.5 Å². The first kappa shape index (κ1) is 29.4. The molecule has 4 N–H and O–H groups in total. The lowest BCUT2D eigenvalue weighted by molar-refractivity contribution is -0.137. The first-order valence-corrected chi connectivity index (χ1v) is 15.4. The molecule has 1 saturated heterocycles. The van der Waals surface area contributed by atoms with E-state index in [0.29, 0.717) is 41.3 Å². The van der Waals surface area contributed by atoms with E-state index in [1.807, 2.05) is 6.07 Å². The summed E-state index contributed by atoms with van der Waals surface area (Å²) >= 11 is 0. The molecule has 1 unspecified atom stereocenters. The Morgan fingerprint density at radius 2 is 1.83 bits per heavy atom. The van der Waals surface area contributed by atoms with E-state index < -0.39 is 28.3 Å². The number of carbonyl (C=O) groups is 1. The van der Waals surface area contributed by atoms with Gasteiger partial charge < -0.3 is 29.9 Å². The van der Waals surface area contributed by atoms with Crippen molar-refractivity contribution in [2.45, 2.75) is 19.3 Å². The molecule has 5 rings (SSSR count). The number of carbonyl (C=O) groups excluding carboxylic acids is 1. The molecule has 222 valence electrons. The number of aliphatic hydroxyl groups is 1. The summed E-state index contributed by atoms with van der Waals surface area (Å²) in [6, 6.07) is 15.8. The Morgan fingerprint density at radius 1 is 1.07 bits per heavy atom. The number of nitrogens with zero attached hydrogens (tertiary/aromatic N) is 3. The number of ether oxygens (including phenoxy) is 1. The Hall–Kier alpha value is -4.07. The largest absolute Gasteiger partial charge is 0.439 e. The highest BCUT2D eigenvalue weighted by Gasteiger charge is 2.36. The van der Waals surface area contributed by atoms with Crippen LogP contribution in [0.2, 0.25) is 0 Å². The van der Waals surface area contributed by atoms with Gasteiger partial charge in [-0.2, -0.15) is 13.2 Å². The van der Waals surface area contributed by atoms with Crippen LogP contribution >= 0.6 is 10.3 Å². The fourth-order valence-corrected chi connectivity index (χ4v) is 6.22. The molecular weight excluding hydrogens is 571 g/mol. The summed E-state index contributed by atoms with van der Waals surface area (Å²) < 4.78 is 58.3. The highest BCUT2D eigenvalue weighted by molar-refractivity contribution is 8.28. The fraction of sp³-hybridized carbons (Fsp3) is 0.276. The van der Waals surface area contributed by atoms with Gasteiger partial charge in [0.15, 0.2) is 6.23 Å². The molecule has 1 aliphatic rings. The van der Waals surface area contributed by atoms with E-state index in [1.165, 1.54) is 31.5 Å². The van der Waals surface area contributed by atoms with E-state index in [1.54, 1.807) is 41.5 Å². The number of hydrogen-bond donors (Lipinski definition) is 4. The van der Waals surface area contributed by atoms with Gasteiger partial charge in [0.25, 0.3) is 0 Å². The third-order valence-electron chi connectivity index (χ3n) is 6.90. The highest BCUT2D eigenvalue weighted by Crippen LogP contribution is 2.45. The van der Waals surface area contributed by atoms with E-state index in [0.717, 1.165) is 11.5 Å². The second kappa shape index (κ2) is 11.7. The molecule has 1 aliphatic heterocycles. The third kappa shape index (κ3) is 6.86. The lowest BCUT2D eigenvalue weighted by Gasteiger charge is -2.41. The summed E-state index contributed by atoms with van der Waals surface area (Å²) in [4.78, 5) is 21.0. The summed E-state index contributed by atoms with van der Waals surface area (Å²) in [6.45, 7) is 2.05. The lowest BCUT2D eigenvalue weighted by Crippen LogP contribution is -2.39. The standard InChI is InChI=1S/C29H30F3N5O4S/c1-18(38)35-26-16-27(34-17-33-26)41-21-7-8-22-19(14-21)4-3-5-23(22)28(39)36-20-6-9-25(24(15-20)29(30,31)32)37-10-12-42(2,40)13-11-37/h3-9,14-17,28,36,39-40H,10-13H2,1-2H3,(H,33,34,35,38). The van der Waals surface area contributed by atoms with Crippen molar-refractivity contribution in [3.05, 3.63) is 78.1 Å². The summed E-state index contributed by atoms with van der Waals surface area (Å²) in [5, 5.41) is 17.8. The molecule has 1 aromatic heterocycles. The molecular formula is C29H30F3N5O4S. The number of fused-ring (bicyclic) bond motifs is 1. The molecule has 1 atom stereocenters. The molecule has 1 fully saturated rings. The monoisotopic (exact) mass is 601 g/mol. The van der Waals surface area contributed by atoms with Crippen molar-refractivity contribution in [3.8, 4) is 11.6 Å². The second-order valence-corrected chi connectivity index (χ2v) is 13.4. The van der Waals surface area contributed by atoms with Gasteiger partial charge in [0.1, 0.15) is 17.9 Å². The number of aromatic nitrogens is 2. The van der Waals surface area contributed by atoms with Crippen LogP contribution in [0.4, 0.5) is 30.4 Å². The number of hydrogen-bond acceptors (Lipinski definition) is 8. The molecule has 1 amide bonds. The molecule has 0 spiro atoms. The SMILES string of the molecule is CC(=O)Nc1cc(Oc2ccc3c(C(O)Nc4ccc(N5CCS(C)(O)CC5)c(C(F)(F)F)c4)cccc3c2)ncn1. The van der Waals surface area contributed by atoms with Crippen LogP contribution in [-0.2, 0) is 11.0 Å². The lowest BCUT2D eigenvalue weighted by atomic mass is 10.0. The first-order valence-electron chi connectivity index (χ1n) is 13.1. The van der Waals surface area contributed by atoms with Crippen LogP contribution in [0.15, 0.2) is 67.0 Å². The zero-order valence-electron chi connectivity index (χ0n) is 22.9. The fourth-order valence-electron chi connectivity index (χ4n) is 4.79. The molecule has 4 aromatic rings. The van der Waals surface area contributed by atoms with Crippen molar-refractivity contribution in [1.82, 2.24) is 9.97 Å². The van der Waals surface area contributed by atoms with Gasteiger partial charge in [-0.15, -0.1) is 10.3 Å². The van der Waals surface area contributed by atoms with E-state index in [-0.39, 0.29) is 29.0 Å². The number of benzene rings is 3. The second-order valence-electron chi connectivity index (χ2n) is 10.1. The van der Waals surface area contributed by atoms with Crippen molar-refractivity contribution < 1.29 is 32.4 Å². The Morgan fingerprint density at radius 3 is 2.55 bits per heavy atom. The summed E-state index contributed by atoms with van der Waals surface area (Å²) in [6.07, 6.45) is -2.87. The maximum Gasteiger partial charge on any atom is 0.418 e. The molecule has 42 heavy (non-hydrogen) atoms. The normalized spacial score (nSPS) is 16.5. The van der Waals surface area contributed by atoms with Crippen LogP contribution in [0.5, 0.6) is 11.6 Å². The molecule has 0 radical (unpaired) electrons. The molecule has 0 saturated carbocycles. The minimum Gasteiger partial charge on any atom is -0.439 e. The number of halogens is 3. The third-order valence-corrected chi connectivity index (χ3v) is 9.02. The predicted octanol–water partition coefficient (Wildman–Crippen LogP) is 6.23. The van der Waals surface area contributed by atoms with Gasteiger partial charge >= 0.3 is 6.18 Å². The van der Waals surface area contributed by atoms with Crippen LogP contribution in [0.25, 0.3) is 10.8 Å². The molecule has 13 heteroatoms. The maximum absolute atomic E-state index is 14.1. The molecule has 0 aliphatic carbocycles.